The van der Waals surface area contributed by atoms with Crippen molar-refractivity contribution in [3.63, 3.8) is 0 Å². The first-order valence-electron chi connectivity index (χ1n) is 5.97. The van der Waals surface area contributed by atoms with Crippen LogP contribution in [-0.2, 0) is 11.2 Å². The standard InChI is InChI=1S/C15H13BrFNO2/c1-20-14-5-3-2-4-10(14)8-15(19)18-13-7-6-11(16)9-12(13)17/h2-7,9H,8H2,1H3,(H,18,19). The van der Waals surface area contributed by atoms with E-state index in [1.165, 1.54) is 12.1 Å². The van der Waals surface area contributed by atoms with E-state index in [9.17, 15) is 9.18 Å². The number of carbonyl (C=O) groups is 1. The summed E-state index contributed by atoms with van der Waals surface area (Å²) in [5.41, 5.74) is 0.915. The van der Waals surface area contributed by atoms with E-state index < -0.39 is 5.82 Å². The van der Waals surface area contributed by atoms with E-state index in [0.717, 1.165) is 5.56 Å². The Labute approximate surface area is 124 Å². The molecule has 104 valence electrons. The number of methoxy groups -OCH3 is 1. The van der Waals surface area contributed by atoms with Gasteiger partial charge in [0.1, 0.15) is 11.6 Å². The molecule has 0 aliphatic heterocycles. The SMILES string of the molecule is COc1ccccc1CC(=O)Nc1ccc(Br)cc1F. The van der Waals surface area contributed by atoms with Gasteiger partial charge in [0.05, 0.1) is 19.2 Å². The molecule has 0 aromatic heterocycles. The number of para-hydroxylation sites is 1. The highest BCUT2D eigenvalue weighted by atomic mass is 79.9. The normalized spacial score (nSPS) is 10.2. The van der Waals surface area contributed by atoms with Crippen molar-refractivity contribution in [2.45, 2.75) is 6.42 Å². The van der Waals surface area contributed by atoms with Gasteiger partial charge in [0, 0.05) is 10.0 Å². The molecule has 0 radical (unpaired) electrons. The molecule has 3 nitrogen and oxygen atoms in total. The third-order valence-corrected chi connectivity index (χ3v) is 3.24. The summed E-state index contributed by atoms with van der Waals surface area (Å²) in [6.07, 6.45) is 0.125. The maximum atomic E-state index is 13.6. The van der Waals surface area contributed by atoms with Crippen LogP contribution < -0.4 is 10.1 Å². The van der Waals surface area contributed by atoms with Gasteiger partial charge in [-0.05, 0) is 24.3 Å². The molecule has 0 heterocycles. The quantitative estimate of drug-likeness (QED) is 0.921. The molecule has 0 aliphatic carbocycles. The fourth-order valence-electron chi connectivity index (χ4n) is 1.81. The first-order valence-corrected chi connectivity index (χ1v) is 6.76. The van der Waals surface area contributed by atoms with E-state index in [-0.39, 0.29) is 18.0 Å². The Bertz CT molecular complexity index is 631. The molecular weight excluding hydrogens is 325 g/mol. The third-order valence-electron chi connectivity index (χ3n) is 2.75. The number of anilines is 1. The summed E-state index contributed by atoms with van der Waals surface area (Å²) in [6.45, 7) is 0. The number of hydrogen-bond donors (Lipinski definition) is 1. The Morgan fingerprint density at radius 3 is 2.75 bits per heavy atom. The molecule has 2 rings (SSSR count). The van der Waals surface area contributed by atoms with Gasteiger partial charge in [0.25, 0.3) is 0 Å². The topological polar surface area (TPSA) is 38.3 Å². The predicted molar refractivity (Wildman–Crippen MR) is 79.4 cm³/mol. The van der Waals surface area contributed by atoms with Crippen LogP contribution in [0.4, 0.5) is 10.1 Å². The van der Waals surface area contributed by atoms with Gasteiger partial charge in [0.2, 0.25) is 5.91 Å². The van der Waals surface area contributed by atoms with Crippen LogP contribution in [0.5, 0.6) is 5.75 Å². The van der Waals surface area contributed by atoms with E-state index >= 15 is 0 Å². The van der Waals surface area contributed by atoms with Gasteiger partial charge in [-0.15, -0.1) is 0 Å². The molecule has 2 aromatic rings. The highest BCUT2D eigenvalue weighted by Gasteiger charge is 2.10. The van der Waals surface area contributed by atoms with Gasteiger partial charge >= 0.3 is 0 Å². The summed E-state index contributed by atoms with van der Waals surface area (Å²) < 4.78 is 19.4. The molecule has 0 atom stereocenters. The van der Waals surface area contributed by atoms with Gasteiger partial charge in [-0.3, -0.25) is 4.79 Å². The van der Waals surface area contributed by atoms with Gasteiger partial charge in [0.15, 0.2) is 0 Å². The number of hydrogen-bond acceptors (Lipinski definition) is 2. The fraction of sp³-hybridized carbons (Fsp3) is 0.133. The molecule has 2 aromatic carbocycles. The third kappa shape index (κ3) is 3.57. The minimum Gasteiger partial charge on any atom is -0.496 e. The molecule has 5 heteroatoms. The highest BCUT2D eigenvalue weighted by molar-refractivity contribution is 9.10. The van der Waals surface area contributed by atoms with E-state index in [1.807, 2.05) is 12.1 Å². The lowest BCUT2D eigenvalue weighted by atomic mass is 10.1. The Kier molecular flexibility index (Phi) is 4.74. The first kappa shape index (κ1) is 14.5. The lowest BCUT2D eigenvalue weighted by Gasteiger charge is -2.09. The van der Waals surface area contributed by atoms with Crippen molar-refractivity contribution in [1.29, 1.82) is 0 Å². The van der Waals surface area contributed by atoms with Crippen LogP contribution in [0.1, 0.15) is 5.56 Å². The summed E-state index contributed by atoms with van der Waals surface area (Å²) in [4.78, 5) is 11.9. The fourth-order valence-corrected chi connectivity index (χ4v) is 2.14. The van der Waals surface area contributed by atoms with Crippen LogP contribution in [0, 0.1) is 5.82 Å². The number of ether oxygens (including phenoxy) is 1. The van der Waals surface area contributed by atoms with Gasteiger partial charge < -0.3 is 10.1 Å². The minimum atomic E-state index is -0.479. The number of benzene rings is 2. The molecule has 0 saturated heterocycles. The minimum absolute atomic E-state index is 0.125. The molecule has 0 unspecified atom stereocenters. The maximum absolute atomic E-state index is 13.6. The van der Waals surface area contributed by atoms with Crippen molar-refractivity contribution in [3.05, 3.63) is 58.3 Å². The second kappa shape index (κ2) is 6.52. The molecule has 20 heavy (non-hydrogen) atoms. The average Bonchev–Trinajstić information content (AvgIpc) is 2.42. The van der Waals surface area contributed by atoms with Crippen LogP contribution in [0.3, 0.4) is 0 Å². The molecule has 0 fully saturated rings. The van der Waals surface area contributed by atoms with Gasteiger partial charge in [-0.1, -0.05) is 34.1 Å². The van der Waals surface area contributed by atoms with E-state index in [1.54, 1.807) is 25.3 Å². The van der Waals surface area contributed by atoms with Crippen molar-refractivity contribution in [1.82, 2.24) is 0 Å². The Morgan fingerprint density at radius 1 is 1.30 bits per heavy atom. The Balaban J connectivity index is 2.09. The smallest absolute Gasteiger partial charge is 0.229 e. The van der Waals surface area contributed by atoms with E-state index in [0.29, 0.717) is 10.2 Å². The zero-order chi connectivity index (χ0) is 14.5. The van der Waals surface area contributed by atoms with Crippen molar-refractivity contribution >= 4 is 27.5 Å². The monoisotopic (exact) mass is 337 g/mol. The molecule has 0 bridgehead atoms. The lowest BCUT2D eigenvalue weighted by Crippen LogP contribution is -2.15. The van der Waals surface area contributed by atoms with Crippen LogP contribution in [-0.4, -0.2) is 13.0 Å². The summed E-state index contributed by atoms with van der Waals surface area (Å²) >= 11 is 3.17. The van der Waals surface area contributed by atoms with Crippen molar-refractivity contribution in [3.8, 4) is 5.75 Å². The second-order valence-corrected chi connectivity index (χ2v) is 5.08. The summed E-state index contributed by atoms with van der Waals surface area (Å²) in [5.74, 6) is -0.137. The first-order chi connectivity index (χ1) is 9.60. The number of nitrogens with one attached hydrogen (secondary N) is 1. The van der Waals surface area contributed by atoms with Gasteiger partial charge in [-0.25, -0.2) is 4.39 Å². The average molecular weight is 338 g/mol. The Morgan fingerprint density at radius 2 is 2.05 bits per heavy atom. The number of halogens is 2. The molecular formula is C15H13BrFNO2. The maximum Gasteiger partial charge on any atom is 0.229 e. The molecule has 1 amide bonds. The highest BCUT2D eigenvalue weighted by Crippen LogP contribution is 2.21. The van der Waals surface area contributed by atoms with Crippen molar-refractivity contribution in [2.75, 3.05) is 12.4 Å². The zero-order valence-corrected chi connectivity index (χ0v) is 12.4. The van der Waals surface area contributed by atoms with E-state index in [4.69, 9.17) is 4.74 Å². The number of carbonyl (C=O) groups excluding carboxylic acids is 1. The summed E-state index contributed by atoms with van der Waals surface area (Å²) in [6, 6.07) is 11.7. The second-order valence-electron chi connectivity index (χ2n) is 4.16. The molecule has 1 N–H and O–H groups in total. The molecule has 0 aliphatic rings. The number of amides is 1. The van der Waals surface area contributed by atoms with Crippen LogP contribution in [0.25, 0.3) is 0 Å². The van der Waals surface area contributed by atoms with Crippen molar-refractivity contribution < 1.29 is 13.9 Å². The largest absolute Gasteiger partial charge is 0.496 e. The van der Waals surface area contributed by atoms with Crippen LogP contribution >= 0.6 is 15.9 Å². The predicted octanol–water partition coefficient (Wildman–Crippen LogP) is 3.78. The van der Waals surface area contributed by atoms with Crippen LogP contribution in [0.15, 0.2) is 46.9 Å². The molecule has 0 saturated carbocycles. The van der Waals surface area contributed by atoms with E-state index in [2.05, 4.69) is 21.2 Å². The van der Waals surface area contributed by atoms with Gasteiger partial charge in [-0.2, -0.15) is 0 Å². The lowest BCUT2D eigenvalue weighted by molar-refractivity contribution is -0.115. The molecule has 0 spiro atoms. The Hall–Kier alpha value is -1.88. The van der Waals surface area contributed by atoms with Crippen molar-refractivity contribution in [2.24, 2.45) is 0 Å². The van der Waals surface area contributed by atoms with Crippen LogP contribution in [0.2, 0.25) is 0 Å². The summed E-state index contributed by atoms with van der Waals surface area (Å²) in [7, 11) is 1.55. The zero-order valence-electron chi connectivity index (χ0n) is 10.8. The number of rotatable bonds is 4. The summed E-state index contributed by atoms with van der Waals surface area (Å²) in [5, 5.41) is 2.55.